The van der Waals surface area contributed by atoms with Crippen LogP contribution in [0.5, 0.6) is 0 Å². The maximum absolute atomic E-state index is 10.7. The van der Waals surface area contributed by atoms with Crippen LogP contribution in [0.25, 0.3) is 16.5 Å². The van der Waals surface area contributed by atoms with Gasteiger partial charge in [-0.15, -0.1) is 5.10 Å². The van der Waals surface area contributed by atoms with Crippen molar-refractivity contribution in [2.45, 2.75) is 0 Å². The molecule has 0 saturated carbocycles. The van der Waals surface area contributed by atoms with Gasteiger partial charge in [0.25, 0.3) is 0 Å². The first-order valence-corrected chi connectivity index (χ1v) is 6.83. The zero-order chi connectivity index (χ0) is 14.1. The quantitative estimate of drug-likeness (QED) is 0.349. The standard InChI is InChI=1S/C12H7N3O3S2/c16-15(17)10-7-6-9(18-10)11-14(13-12(19)20-11)8-4-2-1-3-5-8/h1-7H/p+1. The van der Waals surface area contributed by atoms with E-state index >= 15 is 0 Å². The fourth-order valence-electron chi connectivity index (χ4n) is 1.76. The highest BCUT2D eigenvalue weighted by molar-refractivity contribution is 7.73. The third-order valence-electron chi connectivity index (χ3n) is 2.59. The number of rotatable bonds is 3. The highest BCUT2D eigenvalue weighted by atomic mass is 32.1. The molecular weight excluding hydrogens is 298 g/mol. The van der Waals surface area contributed by atoms with Crippen LogP contribution in [0.2, 0.25) is 0 Å². The summed E-state index contributed by atoms with van der Waals surface area (Å²) in [5.74, 6) is 0.108. The zero-order valence-corrected chi connectivity index (χ0v) is 11.6. The van der Waals surface area contributed by atoms with Crippen LogP contribution in [0, 0.1) is 14.1 Å². The van der Waals surface area contributed by atoms with Gasteiger partial charge in [0.05, 0.1) is 6.07 Å². The van der Waals surface area contributed by atoms with Crippen molar-refractivity contribution < 1.29 is 14.0 Å². The minimum Gasteiger partial charge on any atom is -0.393 e. The van der Waals surface area contributed by atoms with E-state index in [4.69, 9.17) is 16.6 Å². The summed E-state index contributed by atoms with van der Waals surface area (Å²) < 4.78 is 7.53. The van der Waals surface area contributed by atoms with Crippen LogP contribution in [0.3, 0.4) is 0 Å². The minimum atomic E-state index is -0.567. The number of aromatic amines is 1. The van der Waals surface area contributed by atoms with Crippen molar-refractivity contribution in [1.29, 1.82) is 0 Å². The third-order valence-corrected chi connectivity index (χ3v) is 3.79. The molecule has 2 aromatic heterocycles. The van der Waals surface area contributed by atoms with Crippen molar-refractivity contribution in [3.8, 4) is 16.5 Å². The summed E-state index contributed by atoms with van der Waals surface area (Å²) in [5, 5.41) is 14.4. The Morgan fingerprint density at radius 3 is 2.65 bits per heavy atom. The van der Waals surface area contributed by atoms with Crippen molar-refractivity contribution in [2.24, 2.45) is 0 Å². The number of hydrogen-bond acceptors (Lipinski definition) is 5. The number of aromatic nitrogens is 2. The van der Waals surface area contributed by atoms with E-state index in [0.29, 0.717) is 14.7 Å². The van der Waals surface area contributed by atoms with E-state index in [1.54, 1.807) is 10.7 Å². The van der Waals surface area contributed by atoms with Gasteiger partial charge in [-0.1, -0.05) is 22.9 Å². The molecule has 8 heteroatoms. The van der Waals surface area contributed by atoms with Gasteiger partial charge in [0, 0.05) is 12.1 Å². The number of nitro groups is 1. The monoisotopic (exact) mass is 306 g/mol. The normalized spacial score (nSPS) is 10.6. The number of H-pyrrole nitrogens is 1. The average molecular weight is 306 g/mol. The third kappa shape index (κ3) is 2.26. The van der Waals surface area contributed by atoms with Crippen LogP contribution in [-0.2, 0) is 0 Å². The molecule has 3 rings (SSSR count). The smallest absolute Gasteiger partial charge is 0.393 e. The van der Waals surface area contributed by atoms with Gasteiger partial charge in [-0.25, -0.2) is 0 Å². The van der Waals surface area contributed by atoms with Gasteiger partial charge in [-0.2, -0.15) is 0 Å². The number of nitrogens with one attached hydrogen (secondary N) is 1. The van der Waals surface area contributed by atoms with Gasteiger partial charge in [-0.05, 0) is 29.6 Å². The number of furan rings is 1. The van der Waals surface area contributed by atoms with Gasteiger partial charge in [0.1, 0.15) is 4.92 Å². The van der Waals surface area contributed by atoms with Gasteiger partial charge in [0.2, 0.25) is 15.4 Å². The molecule has 0 fully saturated rings. The number of benzene rings is 1. The predicted molar refractivity (Wildman–Crippen MR) is 75.4 cm³/mol. The molecule has 0 spiro atoms. The van der Waals surface area contributed by atoms with Crippen LogP contribution in [0.15, 0.2) is 46.9 Å². The van der Waals surface area contributed by atoms with Crippen molar-refractivity contribution >= 4 is 29.4 Å². The molecule has 0 bridgehead atoms. The van der Waals surface area contributed by atoms with Crippen LogP contribution in [-0.4, -0.2) is 10.0 Å². The molecule has 3 aromatic rings. The fraction of sp³-hybridized carbons (Fsp3) is 0. The molecule has 0 unspecified atom stereocenters. The van der Waals surface area contributed by atoms with Crippen molar-refractivity contribution in [2.75, 3.05) is 0 Å². The van der Waals surface area contributed by atoms with E-state index in [2.05, 4.69) is 5.10 Å². The predicted octanol–water partition coefficient (Wildman–Crippen LogP) is 3.25. The summed E-state index contributed by atoms with van der Waals surface area (Å²) >= 11 is 6.44. The average Bonchev–Trinajstić information content (AvgIpc) is 3.06. The van der Waals surface area contributed by atoms with Crippen LogP contribution < -0.4 is 4.68 Å². The van der Waals surface area contributed by atoms with E-state index in [-0.39, 0.29) is 5.88 Å². The fourth-order valence-corrected chi connectivity index (χ4v) is 2.85. The Hall–Kier alpha value is -2.32. The number of hydrogen-bond donors (Lipinski definition) is 1. The maximum atomic E-state index is 10.7. The minimum absolute atomic E-state index is 0.293. The van der Waals surface area contributed by atoms with Crippen molar-refractivity contribution in [3.63, 3.8) is 0 Å². The summed E-state index contributed by atoms with van der Waals surface area (Å²) in [4.78, 5) is 10.1. The molecule has 2 heterocycles. The van der Waals surface area contributed by atoms with Gasteiger partial charge >= 0.3 is 10.9 Å². The Balaban J connectivity index is 2.14. The Morgan fingerprint density at radius 2 is 2.00 bits per heavy atom. The van der Waals surface area contributed by atoms with E-state index in [1.165, 1.54) is 17.4 Å². The second kappa shape index (κ2) is 4.99. The molecule has 1 aromatic carbocycles. The molecule has 0 radical (unpaired) electrons. The van der Waals surface area contributed by atoms with Gasteiger partial charge in [0.15, 0.2) is 0 Å². The molecule has 6 nitrogen and oxygen atoms in total. The molecular formula is C12H8N3O3S2+. The molecule has 20 heavy (non-hydrogen) atoms. The first kappa shape index (κ1) is 12.7. The highest BCUT2D eigenvalue weighted by Crippen LogP contribution is 2.27. The Kier molecular flexibility index (Phi) is 3.17. The second-order valence-electron chi connectivity index (χ2n) is 3.87. The molecule has 1 N–H and O–H groups in total. The van der Waals surface area contributed by atoms with Gasteiger partial charge < -0.3 is 4.42 Å². The molecule has 0 atom stereocenters. The lowest BCUT2D eigenvalue weighted by Crippen LogP contribution is -2.34. The SMILES string of the molecule is O=[N+]([O-])c1ccc(-c2sc(=S)[nH][n+]2-c2ccccc2)o1. The lowest BCUT2D eigenvalue weighted by Gasteiger charge is -1.92. The van der Waals surface area contributed by atoms with Crippen LogP contribution >= 0.6 is 23.6 Å². The van der Waals surface area contributed by atoms with E-state index in [0.717, 1.165) is 5.69 Å². The Bertz CT molecular complexity index is 820. The summed E-state index contributed by atoms with van der Waals surface area (Å²) in [6, 6.07) is 12.4. The van der Waals surface area contributed by atoms with Crippen LogP contribution in [0.4, 0.5) is 5.88 Å². The molecule has 0 aliphatic rings. The molecule has 100 valence electrons. The molecule has 0 aliphatic heterocycles. The number of para-hydroxylation sites is 1. The van der Waals surface area contributed by atoms with E-state index < -0.39 is 4.92 Å². The first-order chi connectivity index (χ1) is 9.65. The topological polar surface area (TPSA) is 76.0 Å². The zero-order valence-electron chi connectivity index (χ0n) is 9.98. The number of nitrogens with zero attached hydrogens (tertiary/aromatic N) is 2. The Morgan fingerprint density at radius 1 is 1.25 bits per heavy atom. The molecule has 0 amide bonds. The van der Waals surface area contributed by atoms with E-state index in [9.17, 15) is 10.1 Å². The van der Waals surface area contributed by atoms with Gasteiger partial charge in [-0.3, -0.25) is 10.1 Å². The molecule has 0 aliphatic carbocycles. The maximum Gasteiger partial charge on any atom is 0.433 e. The highest BCUT2D eigenvalue weighted by Gasteiger charge is 2.25. The Labute approximate surface area is 122 Å². The first-order valence-electron chi connectivity index (χ1n) is 5.60. The lowest BCUT2D eigenvalue weighted by molar-refractivity contribution is -0.644. The summed E-state index contributed by atoms with van der Waals surface area (Å²) in [5.41, 5.74) is 0.869. The summed E-state index contributed by atoms with van der Waals surface area (Å²) in [7, 11) is 0. The summed E-state index contributed by atoms with van der Waals surface area (Å²) in [6.07, 6.45) is 0. The second-order valence-corrected chi connectivity index (χ2v) is 5.54. The van der Waals surface area contributed by atoms with Crippen LogP contribution in [0.1, 0.15) is 0 Å². The van der Waals surface area contributed by atoms with E-state index in [1.807, 2.05) is 30.3 Å². The summed E-state index contributed by atoms with van der Waals surface area (Å²) in [6.45, 7) is 0. The van der Waals surface area contributed by atoms with Crippen molar-refractivity contribution in [3.05, 3.63) is 56.5 Å². The molecule has 0 saturated heterocycles. The lowest BCUT2D eigenvalue weighted by atomic mass is 10.3. The largest absolute Gasteiger partial charge is 0.433 e. The van der Waals surface area contributed by atoms with Crippen molar-refractivity contribution in [1.82, 2.24) is 5.10 Å².